The van der Waals surface area contributed by atoms with Crippen LogP contribution < -0.4 is 0 Å². The summed E-state index contributed by atoms with van der Waals surface area (Å²) in [5.74, 6) is 0. The SMILES string of the molecule is OC(CCc1ccsc1)c1ccc2nccnc2c1. The van der Waals surface area contributed by atoms with E-state index in [0.29, 0.717) is 0 Å². The van der Waals surface area contributed by atoms with Crippen LogP contribution in [0.3, 0.4) is 0 Å². The van der Waals surface area contributed by atoms with Gasteiger partial charge >= 0.3 is 0 Å². The number of aromatic nitrogens is 2. The molecule has 0 aliphatic heterocycles. The van der Waals surface area contributed by atoms with E-state index in [9.17, 15) is 5.11 Å². The molecule has 1 N–H and O–H groups in total. The molecule has 0 radical (unpaired) electrons. The highest BCUT2D eigenvalue weighted by Crippen LogP contribution is 2.22. The minimum Gasteiger partial charge on any atom is -0.388 e. The molecule has 0 aliphatic rings. The number of hydrogen-bond acceptors (Lipinski definition) is 4. The van der Waals surface area contributed by atoms with Crippen LogP contribution in [0.25, 0.3) is 11.0 Å². The third-order valence-corrected chi connectivity index (χ3v) is 3.90. The Morgan fingerprint density at radius 1 is 1.11 bits per heavy atom. The molecule has 3 aromatic rings. The first-order valence-electron chi connectivity index (χ1n) is 6.23. The summed E-state index contributed by atoms with van der Waals surface area (Å²) in [6.07, 6.45) is 4.51. The van der Waals surface area contributed by atoms with Gasteiger partial charge in [-0.25, -0.2) is 0 Å². The zero-order chi connectivity index (χ0) is 13.1. The Labute approximate surface area is 115 Å². The minimum atomic E-state index is -0.452. The Balaban J connectivity index is 1.75. The van der Waals surface area contributed by atoms with E-state index in [-0.39, 0.29) is 0 Å². The molecule has 1 aromatic carbocycles. The van der Waals surface area contributed by atoms with E-state index in [1.54, 1.807) is 23.7 Å². The summed E-state index contributed by atoms with van der Waals surface area (Å²) in [6.45, 7) is 0. The number of hydrogen-bond donors (Lipinski definition) is 1. The molecule has 2 aromatic heterocycles. The average molecular weight is 270 g/mol. The average Bonchev–Trinajstić information content (AvgIpc) is 2.97. The smallest absolute Gasteiger partial charge is 0.0890 e. The largest absolute Gasteiger partial charge is 0.388 e. The van der Waals surface area contributed by atoms with Gasteiger partial charge in [-0.3, -0.25) is 9.97 Å². The first kappa shape index (κ1) is 12.3. The molecular formula is C15H14N2OS. The quantitative estimate of drug-likeness (QED) is 0.790. The van der Waals surface area contributed by atoms with Crippen molar-refractivity contribution in [1.82, 2.24) is 9.97 Å². The van der Waals surface area contributed by atoms with Crippen molar-refractivity contribution in [2.24, 2.45) is 0 Å². The van der Waals surface area contributed by atoms with E-state index >= 15 is 0 Å². The molecule has 1 unspecified atom stereocenters. The third-order valence-electron chi connectivity index (χ3n) is 3.16. The van der Waals surface area contributed by atoms with Crippen molar-refractivity contribution in [3.8, 4) is 0 Å². The van der Waals surface area contributed by atoms with Gasteiger partial charge in [0.15, 0.2) is 0 Å². The number of fused-ring (bicyclic) bond motifs is 1. The predicted octanol–water partition coefficient (Wildman–Crippen LogP) is 3.36. The first-order valence-corrected chi connectivity index (χ1v) is 7.17. The molecule has 0 saturated heterocycles. The number of aliphatic hydroxyl groups is 1. The molecule has 4 heteroatoms. The van der Waals surface area contributed by atoms with Gasteiger partial charge < -0.3 is 5.11 Å². The monoisotopic (exact) mass is 270 g/mol. The maximum absolute atomic E-state index is 10.2. The van der Waals surface area contributed by atoms with Crippen molar-refractivity contribution in [2.45, 2.75) is 18.9 Å². The van der Waals surface area contributed by atoms with Crippen LogP contribution in [0.4, 0.5) is 0 Å². The van der Waals surface area contributed by atoms with E-state index in [4.69, 9.17) is 0 Å². The lowest BCUT2D eigenvalue weighted by molar-refractivity contribution is 0.168. The number of thiophene rings is 1. The van der Waals surface area contributed by atoms with Crippen molar-refractivity contribution in [3.63, 3.8) is 0 Å². The standard InChI is InChI=1S/C15H14N2OS/c18-15(4-1-11-5-8-19-10-11)12-2-3-13-14(9-12)17-7-6-16-13/h2-3,5-10,15,18H,1,4H2. The van der Waals surface area contributed by atoms with Crippen LogP contribution in [0, 0.1) is 0 Å². The van der Waals surface area contributed by atoms with Crippen molar-refractivity contribution in [2.75, 3.05) is 0 Å². The van der Waals surface area contributed by atoms with Crippen LogP contribution in [-0.2, 0) is 6.42 Å². The number of aliphatic hydroxyl groups excluding tert-OH is 1. The second-order valence-corrected chi connectivity index (χ2v) is 5.27. The first-order chi connectivity index (χ1) is 9.33. The number of aryl methyl sites for hydroxylation is 1. The van der Waals surface area contributed by atoms with Gasteiger partial charge in [-0.15, -0.1) is 0 Å². The molecular weight excluding hydrogens is 256 g/mol. The van der Waals surface area contributed by atoms with Crippen molar-refractivity contribution in [1.29, 1.82) is 0 Å². The second kappa shape index (κ2) is 5.47. The topological polar surface area (TPSA) is 46.0 Å². The van der Waals surface area contributed by atoms with Gasteiger partial charge in [-0.1, -0.05) is 6.07 Å². The zero-order valence-corrected chi connectivity index (χ0v) is 11.2. The molecule has 2 heterocycles. The third kappa shape index (κ3) is 2.80. The van der Waals surface area contributed by atoms with Gasteiger partial charge in [0.25, 0.3) is 0 Å². The zero-order valence-electron chi connectivity index (χ0n) is 10.4. The molecule has 1 atom stereocenters. The summed E-state index contributed by atoms with van der Waals surface area (Å²) in [5, 5.41) is 14.4. The molecule has 0 amide bonds. The van der Waals surface area contributed by atoms with E-state index in [1.807, 2.05) is 18.2 Å². The molecule has 19 heavy (non-hydrogen) atoms. The van der Waals surface area contributed by atoms with Crippen LogP contribution in [-0.4, -0.2) is 15.1 Å². The summed E-state index contributed by atoms with van der Waals surface area (Å²) >= 11 is 1.69. The maximum Gasteiger partial charge on any atom is 0.0890 e. The predicted molar refractivity (Wildman–Crippen MR) is 77.1 cm³/mol. The van der Waals surface area contributed by atoms with E-state index in [0.717, 1.165) is 29.4 Å². The van der Waals surface area contributed by atoms with Gasteiger partial charge in [-0.2, -0.15) is 11.3 Å². The molecule has 3 rings (SSSR count). The Morgan fingerprint density at radius 2 is 1.95 bits per heavy atom. The summed E-state index contributed by atoms with van der Waals surface area (Å²) < 4.78 is 0. The number of rotatable bonds is 4. The molecule has 3 nitrogen and oxygen atoms in total. The fourth-order valence-electron chi connectivity index (χ4n) is 2.09. The van der Waals surface area contributed by atoms with Crippen LogP contribution in [0.2, 0.25) is 0 Å². The normalized spacial score (nSPS) is 12.7. The molecule has 0 spiro atoms. The van der Waals surface area contributed by atoms with E-state index < -0.39 is 6.10 Å². The van der Waals surface area contributed by atoms with Gasteiger partial charge in [0.05, 0.1) is 17.1 Å². The van der Waals surface area contributed by atoms with Crippen molar-refractivity contribution < 1.29 is 5.11 Å². The van der Waals surface area contributed by atoms with Gasteiger partial charge in [0.2, 0.25) is 0 Å². The second-order valence-electron chi connectivity index (χ2n) is 4.49. The molecule has 96 valence electrons. The molecule has 0 fully saturated rings. The van der Waals surface area contributed by atoms with E-state index in [2.05, 4.69) is 26.8 Å². The van der Waals surface area contributed by atoms with Crippen LogP contribution in [0.1, 0.15) is 23.7 Å². The van der Waals surface area contributed by atoms with Gasteiger partial charge in [0, 0.05) is 12.4 Å². The minimum absolute atomic E-state index is 0.452. The summed E-state index contributed by atoms with van der Waals surface area (Å²) in [6, 6.07) is 7.85. The summed E-state index contributed by atoms with van der Waals surface area (Å²) in [5.41, 5.74) is 3.87. The lowest BCUT2D eigenvalue weighted by atomic mass is 10.0. The highest BCUT2D eigenvalue weighted by Gasteiger charge is 2.09. The highest BCUT2D eigenvalue weighted by molar-refractivity contribution is 7.07. The lowest BCUT2D eigenvalue weighted by Gasteiger charge is -2.10. The fourth-order valence-corrected chi connectivity index (χ4v) is 2.80. The van der Waals surface area contributed by atoms with Crippen LogP contribution in [0.15, 0.2) is 47.4 Å². The van der Waals surface area contributed by atoms with Crippen molar-refractivity contribution >= 4 is 22.4 Å². The number of benzene rings is 1. The Hall–Kier alpha value is -1.78. The van der Waals surface area contributed by atoms with Gasteiger partial charge in [-0.05, 0) is 52.9 Å². The molecule has 0 aliphatic carbocycles. The summed E-state index contributed by atoms with van der Waals surface area (Å²) in [4.78, 5) is 8.49. The molecule has 0 bridgehead atoms. The summed E-state index contributed by atoms with van der Waals surface area (Å²) in [7, 11) is 0. The highest BCUT2D eigenvalue weighted by atomic mass is 32.1. The van der Waals surface area contributed by atoms with Crippen LogP contribution >= 0.6 is 11.3 Å². The fraction of sp³-hybridized carbons (Fsp3) is 0.200. The number of nitrogens with zero attached hydrogens (tertiary/aromatic N) is 2. The Bertz CT molecular complexity index is 667. The van der Waals surface area contributed by atoms with Gasteiger partial charge in [0.1, 0.15) is 0 Å². The van der Waals surface area contributed by atoms with Crippen LogP contribution in [0.5, 0.6) is 0 Å². The van der Waals surface area contributed by atoms with E-state index in [1.165, 1.54) is 5.56 Å². The Morgan fingerprint density at radius 3 is 2.74 bits per heavy atom. The van der Waals surface area contributed by atoms with Crippen molar-refractivity contribution in [3.05, 3.63) is 58.5 Å². The Kier molecular flexibility index (Phi) is 3.53. The maximum atomic E-state index is 10.2. The lowest BCUT2D eigenvalue weighted by Crippen LogP contribution is -1.99. The molecule has 0 saturated carbocycles.